The van der Waals surface area contributed by atoms with Crippen molar-refractivity contribution in [3.8, 4) is 5.75 Å². The lowest BCUT2D eigenvalue weighted by Crippen LogP contribution is -2.46. The highest BCUT2D eigenvalue weighted by molar-refractivity contribution is 6.86. The van der Waals surface area contributed by atoms with Crippen LogP contribution in [0.3, 0.4) is 0 Å². The van der Waals surface area contributed by atoms with Crippen LogP contribution in [-0.2, 0) is 4.79 Å². The van der Waals surface area contributed by atoms with Crippen LogP contribution < -0.4 is 15.1 Å². The fourth-order valence-corrected chi connectivity index (χ4v) is 6.02. The maximum absolute atomic E-state index is 11.1. The van der Waals surface area contributed by atoms with E-state index in [0.29, 0.717) is 11.3 Å². The number of benzene rings is 3. The average Bonchev–Trinajstić information content (AvgIpc) is 2.64. The number of hydrogen-bond acceptors (Lipinski definition) is 2. The lowest BCUT2D eigenvalue weighted by molar-refractivity contribution is -0.131. The Hall–Kier alpha value is -2.65. The molecule has 3 rings (SSSR count). The Kier molecular flexibility index (Phi) is 5.46. The van der Waals surface area contributed by atoms with E-state index < -0.39 is 8.80 Å². The molecule has 125 valence electrons. The predicted molar refractivity (Wildman–Crippen MR) is 104 cm³/mol. The number of ether oxygens (including phenoxy) is 1. The van der Waals surface area contributed by atoms with E-state index in [1.165, 1.54) is 22.9 Å². The van der Waals surface area contributed by atoms with Gasteiger partial charge in [-0.25, -0.2) is 0 Å². The quantitative estimate of drug-likeness (QED) is 0.401. The van der Waals surface area contributed by atoms with Gasteiger partial charge in [0.05, 0.1) is 0 Å². The maximum Gasteiger partial charge on any atom is 0.308 e. The average molecular weight is 345 g/mol. The van der Waals surface area contributed by atoms with E-state index in [9.17, 15) is 4.79 Å². The van der Waals surface area contributed by atoms with Gasteiger partial charge in [0, 0.05) is 6.92 Å². The molecule has 0 aromatic heterocycles. The summed E-state index contributed by atoms with van der Waals surface area (Å²) in [5.41, 5.74) is 1.65. The Labute approximate surface area is 150 Å². The van der Waals surface area contributed by atoms with Gasteiger partial charge in [0.1, 0.15) is 14.5 Å². The van der Waals surface area contributed by atoms with Gasteiger partial charge in [-0.05, 0) is 23.2 Å². The van der Waals surface area contributed by atoms with Gasteiger partial charge in [-0.2, -0.15) is 0 Å². The highest BCUT2D eigenvalue weighted by atomic mass is 28.3. The molecule has 0 saturated carbocycles. The van der Waals surface area contributed by atoms with E-state index in [2.05, 4.69) is 79.7 Å². The monoisotopic (exact) mass is 345 g/mol. The van der Waals surface area contributed by atoms with E-state index in [0.717, 1.165) is 0 Å². The molecule has 0 heterocycles. The third-order valence-electron chi connectivity index (χ3n) is 4.24. The second-order valence-electron chi connectivity index (χ2n) is 6.03. The summed E-state index contributed by atoms with van der Waals surface area (Å²) >= 11 is 0. The van der Waals surface area contributed by atoms with Gasteiger partial charge in [-0.3, -0.25) is 4.79 Å². The molecule has 0 bridgehead atoms. The van der Waals surface area contributed by atoms with E-state index in [4.69, 9.17) is 4.74 Å². The third-order valence-corrected chi connectivity index (χ3v) is 7.35. The predicted octanol–water partition coefficient (Wildman–Crippen LogP) is 3.56. The third kappa shape index (κ3) is 4.25. The molecule has 0 unspecified atom stereocenters. The summed E-state index contributed by atoms with van der Waals surface area (Å²) in [5, 5.41) is 2.80. The summed E-state index contributed by atoms with van der Waals surface area (Å²) in [5.74, 6) is 0.302. The summed E-state index contributed by atoms with van der Waals surface area (Å²) in [4.78, 5) is 11.1. The fourth-order valence-electron chi connectivity index (χ4n) is 3.06. The lowest BCUT2D eigenvalue weighted by atomic mass is 10.1. The number of esters is 1. The molecule has 3 heteroatoms. The molecule has 3 aromatic carbocycles. The van der Waals surface area contributed by atoms with Crippen molar-refractivity contribution in [3.63, 3.8) is 0 Å². The fraction of sp³-hybridized carbons (Fsp3) is 0.136. The maximum atomic E-state index is 11.1. The van der Waals surface area contributed by atoms with Crippen LogP contribution in [0.15, 0.2) is 84.9 Å². The van der Waals surface area contributed by atoms with E-state index in [1.807, 2.05) is 12.1 Å². The second kappa shape index (κ2) is 7.95. The minimum Gasteiger partial charge on any atom is -0.427 e. The van der Waals surface area contributed by atoms with E-state index in [1.54, 1.807) is 0 Å². The molecule has 0 fully saturated rings. The van der Waals surface area contributed by atoms with Crippen molar-refractivity contribution >= 4 is 25.1 Å². The van der Waals surface area contributed by atoms with Crippen LogP contribution in [0.5, 0.6) is 5.75 Å². The van der Waals surface area contributed by atoms with Crippen LogP contribution in [0.1, 0.15) is 25.0 Å². The molecule has 3 aromatic rings. The van der Waals surface area contributed by atoms with Crippen molar-refractivity contribution < 1.29 is 9.53 Å². The van der Waals surface area contributed by atoms with E-state index in [-0.39, 0.29) is 5.97 Å². The second-order valence-corrected chi connectivity index (χ2v) is 8.88. The molecule has 1 radical (unpaired) electrons. The van der Waals surface area contributed by atoms with Gasteiger partial charge >= 0.3 is 5.97 Å². The Morgan fingerprint density at radius 2 is 1.28 bits per heavy atom. The molecule has 0 saturated heterocycles. The van der Waals surface area contributed by atoms with Crippen molar-refractivity contribution in [1.29, 1.82) is 0 Å². The van der Waals surface area contributed by atoms with Crippen LogP contribution in [0.25, 0.3) is 0 Å². The Morgan fingerprint density at radius 3 is 1.72 bits per heavy atom. The number of carbonyl (C=O) groups is 1. The summed E-state index contributed by atoms with van der Waals surface area (Å²) < 4.78 is 5.15. The number of rotatable bonds is 5. The van der Waals surface area contributed by atoms with E-state index >= 15 is 0 Å². The molecule has 0 spiro atoms. The van der Waals surface area contributed by atoms with Crippen molar-refractivity contribution in [2.75, 3.05) is 0 Å². The SMILES string of the molecule is CC(=O)Oc1ccc([C@H](C)[Si](c2ccccc2)c2ccccc2)cc1. The lowest BCUT2D eigenvalue weighted by Gasteiger charge is -2.24. The molecule has 0 amide bonds. The molecule has 1 atom stereocenters. The van der Waals surface area contributed by atoms with Crippen molar-refractivity contribution in [2.24, 2.45) is 0 Å². The molecule has 25 heavy (non-hydrogen) atoms. The van der Waals surface area contributed by atoms with Crippen molar-refractivity contribution in [1.82, 2.24) is 0 Å². The molecule has 0 aliphatic rings. The summed E-state index contributed by atoms with van der Waals surface area (Å²) in [6.07, 6.45) is 0. The zero-order valence-corrected chi connectivity index (χ0v) is 15.5. The first kappa shape index (κ1) is 17.2. The molecular weight excluding hydrogens is 324 g/mol. The summed E-state index contributed by atoms with van der Waals surface area (Å²) in [7, 11) is -0.973. The van der Waals surface area contributed by atoms with Crippen molar-refractivity contribution in [2.45, 2.75) is 19.4 Å². The first-order chi connectivity index (χ1) is 12.1. The minimum absolute atomic E-state index is 0.292. The highest BCUT2D eigenvalue weighted by Crippen LogP contribution is 2.22. The molecule has 0 aliphatic heterocycles. The van der Waals surface area contributed by atoms with Gasteiger partial charge in [0.15, 0.2) is 0 Å². The Balaban J connectivity index is 1.94. The van der Waals surface area contributed by atoms with Crippen LogP contribution in [-0.4, -0.2) is 14.8 Å². The van der Waals surface area contributed by atoms with Gasteiger partial charge in [0.25, 0.3) is 0 Å². The molecular formula is C22H21O2Si. The topological polar surface area (TPSA) is 26.3 Å². The Morgan fingerprint density at radius 1 is 0.800 bits per heavy atom. The highest BCUT2D eigenvalue weighted by Gasteiger charge is 2.25. The normalized spacial score (nSPS) is 12.0. The molecule has 0 aliphatic carbocycles. The summed E-state index contributed by atoms with van der Waals surface area (Å²) in [6, 6.07) is 29.4. The molecule has 2 nitrogen and oxygen atoms in total. The first-order valence-corrected chi connectivity index (χ1v) is 9.99. The van der Waals surface area contributed by atoms with Crippen LogP contribution >= 0.6 is 0 Å². The van der Waals surface area contributed by atoms with Crippen molar-refractivity contribution in [3.05, 3.63) is 90.5 Å². The number of hydrogen-bond donors (Lipinski definition) is 0. The Bertz CT molecular complexity index is 774. The largest absolute Gasteiger partial charge is 0.427 e. The van der Waals surface area contributed by atoms with Crippen LogP contribution in [0, 0.1) is 0 Å². The first-order valence-electron chi connectivity index (χ1n) is 8.41. The summed E-state index contributed by atoms with van der Waals surface area (Å²) in [6.45, 7) is 3.71. The zero-order valence-electron chi connectivity index (χ0n) is 14.5. The standard InChI is InChI=1S/C22H21O2Si/c1-17(19-13-15-20(16-14-19)24-18(2)23)25(21-9-5-3-6-10-21)22-11-7-4-8-12-22/h3-17H,1-2H3/t17-/m0/s1. The molecule has 0 N–H and O–H groups in total. The van der Waals surface area contributed by atoms with Crippen LogP contribution in [0.2, 0.25) is 0 Å². The zero-order chi connectivity index (χ0) is 17.6. The van der Waals surface area contributed by atoms with Gasteiger partial charge in [-0.15, -0.1) is 0 Å². The number of carbonyl (C=O) groups excluding carboxylic acids is 1. The smallest absolute Gasteiger partial charge is 0.308 e. The van der Waals surface area contributed by atoms with Gasteiger partial charge in [0.2, 0.25) is 0 Å². The van der Waals surface area contributed by atoms with Gasteiger partial charge < -0.3 is 4.74 Å². The van der Waals surface area contributed by atoms with Crippen LogP contribution in [0.4, 0.5) is 0 Å². The van der Waals surface area contributed by atoms with Gasteiger partial charge in [-0.1, -0.05) is 90.1 Å². The minimum atomic E-state index is -0.973.